The summed E-state index contributed by atoms with van der Waals surface area (Å²) in [6.07, 6.45) is 1.08. The summed E-state index contributed by atoms with van der Waals surface area (Å²) in [6, 6.07) is 3.89. The van der Waals surface area contributed by atoms with Crippen LogP contribution < -0.4 is 10.1 Å². The molecule has 0 aliphatic rings. The molecular formula is C16H25Cl2NO. The molecule has 0 fully saturated rings. The number of hydrogen-bond acceptors (Lipinski definition) is 2. The topological polar surface area (TPSA) is 21.3 Å². The van der Waals surface area contributed by atoms with E-state index in [4.69, 9.17) is 27.9 Å². The fourth-order valence-electron chi connectivity index (χ4n) is 2.20. The maximum atomic E-state index is 6.44. The van der Waals surface area contributed by atoms with Crippen molar-refractivity contribution < 1.29 is 4.74 Å². The lowest BCUT2D eigenvalue weighted by atomic mass is 9.82. The van der Waals surface area contributed by atoms with Gasteiger partial charge in [-0.3, -0.25) is 0 Å². The number of ether oxygens (including phenoxy) is 1. The van der Waals surface area contributed by atoms with E-state index in [2.05, 4.69) is 33.0 Å². The fourth-order valence-corrected chi connectivity index (χ4v) is 2.69. The van der Waals surface area contributed by atoms with E-state index in [-0.39, 0.29) is 11.5 Å². The SMILES string of the molecule is CCCNC(c1cc(Cl)c(OCC)cc1Cl)C(C)(C)C. The summed E-state index contributed by atoms with van der Waals surface area (Å²) in [7, 11) is 0. The minimum atomic E-state index is 0.0509. The van der Waals surface area contributed by atoms with E-state index in [1.165, 1.54) is 0 Å². The zero-order chi connectivity index (χ0) is 15.3. The van der Waals surface area contributed by atoms with Gasteiger partial charge in [0.1, 0.15) is 5.75 Å². The number of halogens is 2. The van der Waals surface area contributed by atoms with Gasteiger partial charge < -0.3 is 10.1 Å². The average molecular weight is 318 g/mol. The van der Waals surface area contributed by atoms with E-state index in [9.17, 15) is 0 Å². The molecule has 2 nitrogen and oxygen atoms in total. The molecule has 0 heterocycles. The van der Waals surface area contributed by atoms with Gasteiger partial charge >= 0.3 is 0 Å². The zero-order valence-electron chi connectivity index (χ0n) is 13.0. The van der Waals surface area contributed by atoms with Crippen molar-refractivity contribution in [2.24, 2.45) is 5.41 Å². The highest BCUT2D eigenvalue weighted by molar-refractivity contribution is 6.34. The monoisotopic (exact) mass is 317 g/mol. The zero-order valence-corrected chi connectivity index (χ0v) is 14.5. The predicted molar refractivity (Wildman–Crippen MR) is 88.1 cm³/mol. The average Bonchev–Trinajstić information content (AvgIpc) is 2.34. The number of rotatable bonds is 6. The van der Waals surface area contributed by atoms with Gasteiger partial charge in [0.25, 0.3) is 0 Å². The Morgan fingerprint density at radius 3 is 2.30 bits per heavy atom. The third-order valence-electron chi connectivity index (χ3n) is 3.13. The van der Waals surface area contributed by atoms with Crippen LogP contribution in [-0.2, 0) is 0 Å². The van der Waals surface area contributed by atoms with E-state index in [0.717, 1.165) is 18.5 Å². The Hall–Kier alpha value is -0.440. The summed E-state index contributed by atoms with van der Waals surface area (Å²) >= 11 is 12.7. The summed E-state index contributed by atoms with van der Waals surface area (Å²) in [6.45, 7) is 12.2. The molecule has 20 heavy (non-hydrogen) atoms. The van der Waals surface area contributed by atoms with Gasteiger partial charge in [-0.15, -0.1) is 0 Å². The molecule has 0 saturated heterocycles. The molecule has 1 aromatic rings. The fraction of sp³-hybridized carbons (Fsp3) is 0.625. The highest BCUT2D eigenvalue weighted by Crippen LogP contribution is 2.40. The Morgan fingerprint density at radius 1 is 1.15 bits per heavy atom. The first kappa shape index (κ1) is 17.6. The highest BCUT2D eigenvalue weighted by atomic mass is 35.5. The summed E-state index contributed by atoms with van der Waals surface area (Å²) in [5.41, 5.74) is 1.08. The summed E-state index contributed by atoms with van der Waals surface area (Å²) in [4.78, 5) is 0. The van der Waals surface area contributed by atoms with E-state index < -0.39 is 0 Å². The third kappa shape index (κ3) is 4.54. The molecule has 0 aliphatic carbocycles. The second-order valence-electron chi connectivity index (χ2n) is 5.99. The van der Waals surface area contributed by atoms with Crippen LogP contribution in [0.5, 0.6) is 5.75 Å². The molecule has 1 atom stereocenters. The van der Waals surface area contributed by atoms with Gasteiger partial charge in [0.15, 0.2) is 0 Å². The second-order valence-corrected chi connectivity index (χ2v) is 6.80. The van der Waals surface area contributed by atoms with Crippen LogP contribution in [0.3, 0.4) is 0 Å². The van der Waals surface area contributed by atoms with Gasteiger partial charge in [-0.1, -0.05) is 50.9 Å². The number of hydrogen-bond donors (Lipinski definition) is 1. The van der Waals surface area contributed by atoms with Crippen molar-refractivity contribution in [2.75, 3.05) is 13.2 Å². The van der Waals surface area contributed by atoms with Crippen LogP contribution in [0.1, 0.15) is 52.6 Å². The van der Waals surface area contributed by atoms with Crippen LogP contribution in [0.4, 0.5) is 0 Å². The van der Waals surface area contributed by atoms with E-state index in [1.807, 2.05) is 19.1 Å². The molecular weight excluding hydrogens is 293 g/mol. The normalized spacial score (nSPS) is 13.3. The summed E-state index contributed by atoms with van der Waals surface area (Å²) < 4.78 is 5.48. The van der Waals surface area contributed by atoms with Gasteiger partial charge in [-0.25, -0.2) is 0 Å². The molecule has 0 amide bonds. The molecule has 0 bridgehead atoms. The summed E-state index contributed by atoms with van der Waals surface area (Å²) in [5, 5.41) is 4.87. The van der Waals surface area contributed by atoms with Crippen molar-refractivity contribution in [3.8, 4) is 5.75 Å². The van der Waals surface area contributed by atoms with Crippen LogP contribution >= 0.6 is 23.2 Å². The van der Waals surface area contributed by atoms with Crippen molar-refractivity contribution >= 4 is 23.2 Å². The minimum absolute atomic E-state index is 0.0509. The maximum absolute atomic E-state index is 6.44. The molecule has 0 aromatic heterocycles. The second kappa shape index (κ2) is 7.53. The summed E-state index contributed by atoms with van der Waals surface area (Å²) in [5.74, 6) is 0.645. The molecule has 1 N–H and O–H groups in total. The van der Waals surface area contributed by atoms with Crippen LogP contribution in [-0.4, -0.2) is 13.2 Å². The first-order chi connectivity index (χ1) is 9.31. The van der Waals surface area contributed by atoms with Crippen molar-refractivity contribution in [1.82, 2.24) is 5.32 Å². The Balaban J connectivity index is 3.17. The lowest BCUT2D eigenvalue weighted by Gasteiger charge is -2.33. The Bertz CT molecular complexity index is 441. The molecule has 1 unspecified atom stereocenters. The molecule has 0 spiro atoms. The maximum Gasteiger partial charge on any atom is 0.139 e. The minimum Gasteiger partial charge on any atom is -0.492 e. The Kier molecular flexibility index (Phi) is 6.63. The van der Waals surface area contributed by atoms with Crippen molar-refractivity contribution in [3.05, 3.63) is 27.7 Å². The van der Waals surface area contributed by atoms with Crippen LogP contribution in [0, 0.1) is 5.41 Å². The Labute approximate surface area is 132 Å². The standard InChI is InChI=1S/C16H25Cl2NO/c1-6-8-19-15(16(3,4)5)11-9-13(18)14(20-7-2)10-12(11)17/h9-10,15,19H,6-8H2,1-5H3. The van der Waals surface area contributed by atoms with E-state index in [0.29, 0.717) is 22.4 Å². The van der Waals surface area contributed by atoms with E-state index >= 15 is 0 Å². The van der Waals surface area contributed by atoms with Crippen molar-refractivity contribution in [2.45, 2.75) is 47.1 Å². The van der Waals surface area contributed by atoms with Crippen LogP contribution in [0.15, 0.2) is 12.1 Å². The van der Waals surface area contributed by atoms with Crippen LogP contribution in [0.2, 0.25) is 10.0 Å². The number of nitrogens with one attached hydrogen (secondary N) is 1. The van der Waals surface area contributed by atoms with E-state index in [1.54, 1.807) is 0 Å². The van der Waals surface area contributed by atoms with Crippen molar-refractivity contribution in [3.63, 3.8) is 0 Å². The Morgan fingerprint density at radius 2 is 1.80 bits per heavy atom. The lowest BCUT2D eigenvalue weighted by molar-refractivity contribution is 0.273. The largest absolute Gasteiger partial charge is 0.492 e. The smallest absolute Gasteiger partial charge is 0.139 e. The molecule has 0 radical (unpaired) electrons. The molecule has 114 valence electrons. The van der Waals surface area contributed by atoms with Gasteiger partial charge in [0.2, 0.25) is 0 Å². The number of benzene rings is 1. The first-order valence-electron chi connectivity index (χ1n) is 7.16. The van der Waals surface area contributed by atoms with Gasteiger partial charge in [0, 0.05) is 17.1 Å². The lowest BCUT2D eigenvalue weighted by Crippen LogP contribution is -2.33. The van der Waals surface area contributed by atoms with Gasteiger partial charge in [-0.05, 0) is 36.9 Å². The molecule has 4 heteroatoms. The predicted octanol–water partition coefficient (Wildman–Crippen LogP) is 5.48. The third-order valence-corrected chi connectivity index (χ3v) is 3.75. The van der Waals surface area contributed by atoms with Crippen molar-refractivity contribution in [1.29, 1.82) is 0 Å². The molecule has 1 rings (SSSR count). The van der Waals surface area contributed by atoms with Crippen LogP contribution in [0.25, 0.3) is 0 Å². The quantitative estimate of drug-likeness (QED) is 0.750. The molecule has 0 saturated carbocycles. The molecule has 1 aromatic carbocycles. The highest BCUT2D eigenvalue weighted by Gasteiger charge is 2.28. The van der Waals surface area contributed by atoms with Gasteiger partial charge in [-0.2, -0.15) is 0 Å². The first-order valence-corrected chi connectivity index (χ1v) is 7.92. The van der Waals surface area contributed by atoms with Gasteiger partial charge in [0.05, 0.1) is 11.6 Å². The molecule has 0 aliphatic heterocycles.